The number of ether oxygens (including phenoxy) is 1. The Bertz CT molecular complexity index is 958. The quantitative estimate of drug-likeness (QED) is 0.344. The lowest BCUT2D eigenvalue weighted by molar-refractivity contribution is -0.143. The highest BCUT2D eigenvalue weighted by Gasteiger charge is 2.48. The molecule has 0 radical (unpaired) electrons. The van der Waals surface area contributed by atoms with Crippen LogP contribution in [0.1, 0.15) is 90.3 Å². The van der Waals surface area contributed by atoms with E-state index in [-0.39, 0.29) is 30.7 Å². The molecule has 4 atom stereocenters. The second kappa shape index (κ2) is 13.4. The molecular formula is C28H44N4O5. The van der Waals surface area contributed by atoms with Crippen molar-refractivity contribution in [2.45, 2.75) is 104 Å². The van der Waals surface area contributed by atoms with Crippen LogP contribution < -0.4 is 16.4 Å². The third kappa shape index (κ3) is 9.37. The van der Waals surface area contributed by atoms with Gasteiger partial charge >= 0.3 is 6.09 Å². The van der Waals surface area contributed by atoms with E-state index in [1.165, 1.54) is 0 Å². The third-order valence-corrected chi connectivity index (χ3v) is 6.44. The van der Waals surface area contributed by atoms with E-state index >= 15 is 0 Å². The maximum atomic E-state index is 14.1. The van der Waals surface area contributed by atoms with Crippen molar-refractivity contribution < 1.29 is 23.9 Å². The fraction of sp³-hybridized carbons (Fsp3) is 0.643. The number of benzene rings is 1. The first-order valence-corrected chi connectivity index (χ1v) is 13.3. The third-order valence-electron chi connectivity index (χ3n) is 6.44. The average molecular weight is 517 g/mol. The van der Waals surface area contributed by atoms with Gasteiger partial charge in [-0.2, -0.15) is 0 Å². The van der Waals surface area contributed by atoms with E-state index in [0.29, 0.717) is 6.54 Å². The molecule has 0 saturated heterocycles. The maximum Gasteiger partial charge on any atom is 0.408 e. The summed E-state index contributed by atoms with van der Waals surface area (Å²) in [6.45, 7) is 11.7. The smallest absolute Gasteiger partial charge is 0.408 e. The lowest BCUT2D eigenvalue weighted by Gasteiger charge is -2.35. The summed E-state index contributed by atoms with van der Waals surface area (Å²) in [7, 11) is 0. The molecule has 9 nitrogen and oxygen atoms in total. The monoisotopic (exact) mass is 516 g/mol. The first kappa shape index (κ1) is 30.1. The number of carbonyl (C=O) groups is 4. The molecule has 1 aromatic carbocycles. The Morgan fingerprint density at radius 3 is 2.35 bits per heavy atom. The summed E-state index contributed by atoms with van der Waals surface area (Å²) >= 11 is 0. The Labute approximate surface area is 220 Å². The lowest BCUT2D eigenvalue weighted by Crippen LogP contribution is -2.54. The standard InChI is InChI=1S/C28H44N4O5/c1-7-8-11-16-30-25(34)24(20-13-10-9-12-18(20)2)32(22-17-19(22)3)26(35)21(14-15-23(29)33)31-27(36)37-28(4,5)6/h9-10,12-13,19,21-22,24H,7-8,11,14-17H2,1-6H3,(H2,29,33)(H,30,34)(H,31,36). The Kier molecular flexibility index (Phi) is 10.9. The highest BCUT2D eigenvalue weighted by Crippen LogP contribution is 2.41. The molecule has 1 aliphatic carbocycles. The number of rotatable bonds is 13. The number of nitrogens with zero attached hydrogens (tertiary/aromatic N) is 1. The van der Waals surface area contributed by atoms with E-state index in [9.17, 15) is 19.2 Å². The minimum atomic E-state index is -1.07. The van der Waals surface area contributed by atoms with E-state index < -0.39 is 35.6 Å². The molecule has 37 heavy (non-hydrogen) atoms. The summed E-state index contributed by atoms with van der Waals surface area (Å²) in [6.07, 6.45) is 2.74. The van der Waals surface area contributed by atoms with Gasteiger partial charge in [-0.25, -0.2) is 4.79 Å². The van der Waals surface area contributed by atoms with Crippen molar-refractivity contribution >= 4 is 23.8 Å². The van der Waals surface area contributed by atoms with Crippen molar-refractivity contribution in [2.24, 2.45) is 11.7 Å². The number of primary amides is 1. The van der Waals surface area contributed by atoms with E-state index in [2.05, 4.69) is 17.6 Å². The van der Waals surface area contributed by atoms with Gasteiger partial charge in [0, 0.05) is 19.0 Å². The molecule has 4 amide bonds. The topological polar surface area (TPSA) is 131 Å². The van der Waals surface area contributed by atoms with Crippen molar-refractivity contribution in [3.05, 3.63) is 35.4 Å². The van der Waals surface area contributed by atoms with Crippen molar-refractivity contribution in [1.82, 2.24) is 15.5 Å². The minimum Gasteiger partial charge on any atom is -0.444 e. The molecule has 1 saturated carbocycles. The Hall–Kier alpha value is -3.10. The van der Waals surface area contributed by atoms with Crippen molar-refractivity contribution in [1.29, 1.82) is 0 Å². The molecule has 1 fully saturated rings. The Morgan fingerprint density at radius 2 is 1.81 bits per heavy atom. The number of amides is 4. The summed E-state index contributed by atoms with van der Waals surface area (Å²) < 4.78 is 5.37. The van der Waals surface area contributed by atoms with Gasteiger partial charge in [0.05, 0.1) is 0 Å². The first-order chi connectivity index (χ1) is 17.4. The highest BCUT2D eigenvalue weighted by molar-refractivity contribution is 5.93. The SMILES string of the molecule is CCCCCNC(=O)C(c1ccccc1C)N(C(=O)C(CCC(N)=O)NC(=O)OC(C)(C)C)C1CC1C. The average Bonchev–Trinajstić information content (AvgIpc) is 3.52. The van der Waals surface area contributed by atoms with Gasteiger partial charge in [-0.3, -0.25) is 14.4 Å². The van der Waals surface area contributed by atoms with E-state index in [0.717, 1.165) is 36.8 Å². The van der Waals surface area contributed by atoms with Crippen LogP contribution >= 0.6 is 0 Å². The van der Waals surface area contributed by atoms with Crippen LogP contribution in [0.3, 0.4) is 0 Å². The van der Waals surface area contributed by atoms with Crippen LogP contribution in [-0.4, -0.2) is 52.9 Å². The largest absolute Gasteiger partial charge is 0.444 e. The van der Waals surface area contributed by atoms with Crippen molar-refractivity contribution in [3.63, 3.8) is 0 Å². The summed E-state index contributed by atoms with van der Waals surface area (Å²) in [5, 5.41) is 5.65. The molecule has 1 aliphatic rings. The fourth-order valence-electron chi connectivity index (χ4n) is 4.34. The van der Waals surface area contributed by atoms with Crippen LogP contribution in [0.15, 0.2) is 24.3 Å². The summed E-state index contributed by atoms with van der Waals surface area (Å²) in [5.41, 5.74) is 6.22. The van der Waals surface area contributed by atoms with Gasteiger partial charge < -0.3 is 26.0 Å². The first-order valence-electron chi connectivity index (χ1n) is 13.3. The summed E-state index contributed by atoms with van der Waals surface area (Å²) in [5.74, 6) is -1.08. The van der Waals surface area contributed by atoms with Crippen LogP contribution in [0.4, 0.5) is 4.79 Å². The van der Waals surface area contributed by atoms with Gasteiger partial charge in [-0.15, -0.1) is 0 Å². The Morgan fingerprint density at radius 1 is 1.16 bits per heavy atom. The van der Waals surface area contributed by atoms with E-state index in [1.807, 2.05) is 38.1 Å². The predicted molar refractivity (Wildman–Crippen MR) is 142 cm³/mol. The van der Waals surface area contributed by atoms with Crippen LogP contribution in [0.2, 0.25) is 0 Å². The van der Waals surface area contributed by atoms with Gasteiger partial charge in [-0.05, 0) is 64.0 Å². The van der Waals surface area contributed by atoms with Crippen molar-refractivity contribution in [2.75, 3.05) is 6.54 Å². The number of hydrogen-bond acceptors (Lipinski definition) is 5. The molecule has 9 heteroatoms. The number of nitrogens with two attached hydrogens (primary N) is 1. The van der Waals surface area contributed by atoms with Gasteiger partial charge in [-0.1, -0.05) is 51.0 Å². The molecular weight excluding hydrogens is 472 g/mol. The summed E-state index contributed by atoms with van der Waals surface area (Å²) in [6, 6.07) is 5.39. The van der Waals surface area contributed by atoms with E-state index in [1.54, 1.807) is 25.7 Å². The molecule has 2 rings (SSSR count). The fourth-order valence-corrected chi connectivity index (χ4v) is 4.34. The number of nitrogens with one attached hydrogen (secondary N) is 2. The molecule has 4 N–H and O–H groups in total. The molecule has 4 unspecified atom stereocenters. The second-order valence-electron chi connectivity index (χ2n) is 11.0. The van der Waals surface area contributed by atoms with Gasteiger partial charge in [0.25, 0.3) is 0 Å². The molecule has 0 aliphatic heterocycles. The number of hydrogen-bond donors (Lipinski definition) is 3. The number of unbranched alkanes of at least 4 members (excludes halogenated alkanes) is 2. The Balaban J connectivity index is 2.45. The number of aryl methyl sites for hydroxylation is 1. The molecule has 0 aromatic heterocycles. The van der Waals surface area contributed by atoms with Gasteiger partial charge in [0.2, 0.25) is 17.7 Å². The number of carbonyl (C=O) groups excluding carboxylic acids is 4. The van der Waals surface area contributed by atoms with Crippen LogP contribution in [0.5, 0.6) is 0 Å². The van der Waals surface area contributed by atoms with Crippen LogP contribution in [0, 0.1) is 12.8 Å². The predicted octanol–water partition coefficient (Wildman–Crippen LogP) is 3.74. The minimum absolute atomic E-state index is 0.00359. The van der Waals surface area contributed by atoms with Crippen LogP contribution in [0.25, 0.3) is 0 Å². The van der Waals surface area contributed by atoms with Crippen LogP contribution in [-0.2, 0) is 19.1 Å². The number of alkyl carbamates (subject to hydrolysis) is 1. The van der Waals surface area contributed by atoms with E-state index in [4.69, 9.17) is 10.5 Å². The molecule has 206 valence electrons. The molecule has 0 heterocycles. The van der Waals surface area contributed by atoms with Gasteiger partial charge in [0.15, 0.2) is 0 Å². The van der Waals surface area contributed by atoms with Gasteiger partial charge in [0.1, 0.15) is 17.7 Å². The zero-order valence-corrected chi connectivity index (χ0v) is 23.1. The summed E-state index contributed by atoms with van der Waals surface area (Å²) in [4.78, 5) is 53.6. The zero-order chi connectivity index (χ0) is 27.8. The maximum absolute atomic E-state index is 14.1. The zero-order valence-electron chi connectivity index (χ0n) is 23.1. The highest BCUT2D eigenvalue weighted by atomic mass is 16.6. The normalized spacial score (nSPS) is 18.3. The molecule has 0 bridgehead atoms. The molecule has 1 aromatic rings. The molecule has 0 spiro atoms. The second-order valence-corrected chi connectivity index (χ2v) is 11.0. The lowest BCUT2D eigenvalue weighted by atomic mass is 9.97. The van der Waals surface area contributed by atoms with Crippen molar-refractivity contribution in [3.8, 4) is 0 Å².